The summed E-state index contributed by atoms with van der Waals surface area (Å²) in [6.45, 7) is 0. The van der Waals surface area contributed by atoms with Crippen molar-refractivity contribution in [3.8, 4) is 11.5 Å². The maximum Gasteiger partial charge on any atom is 0.339 e. The first-order valence-electron chi connectivity index (χ1n) is 11.5. The summed E-state index contributed by atoms with van der Waals surface area (Å²) in [6.07, 6.45) is 3.82. The molecule has 9 heteroatoms. The van der Waals surface area contributed by atoms with Crippen molar-refractivity contribution in [3.63, 3.8) is 0 Å². The zero-order chi connectivity index (χ0) is 24.7. The molecule has 0 bridgehead atoms. The van der Waals surface area contributed by atoms with Crippen molar-refractivity contribution in [2.75, 3.05) is 7.11 Å². The van der Waals surface area contributed by atoms with Gasteiger partial charge >= 0.3 is 10.1 Å². The van der Waals surface area contributed by atoms with E-state index < -0.39 is 22.0 Å². The first-order chi connectivity index (χ1) is 16.8. The number of halogens is 1. The number of nitrogens with zero attached hydrogens (tertiary/aromatic N) is 1. The Labute approximate surface area is 212 Å². The van der Waals surface area contributed by atoms with Crippen molar-refractivity contribution < 1.29 is 26.9 Å². The predicted octanol–water partition coefficient (Wildman–Crippen LogP) is 5.14. The largest absolute Gasteiger partial charge is 0.493 e. The number of Topliss-reactive ketones (excluding diaryl/α,β-unsaturated/α-hetero) is 2. The van der Waals surface area contributed by atoms with Crippen LogP contribution in [-0.2, 0) is 19.7 Å². The van der Waals surface area contributed by atoms with Crippen LogP contribution in [0.25, 0.3) is 0 Å². The molecular weight excluding hydrogens is 534 g/mol. The SMILES string of the molecule is COc1cc([C@@H]2C3=C(CCCC3=O)N=C3CCCC(=O)C32)cc(Br)c1OS(=O)(=O)c1ccccc1. The van der Waals surface area contributed by atoms with E-state index in [0.29, 0.717) is 34.9 Å². The summed E-state index contributed by atoms with van der Waals surface area (Å²) in [5, 5.41) is 0. The predicted molar refractivity (Wildman–Crippen MR) is 133 cm³/mol. The maximum absolute atomic E-state index is 13.1. The number of methoxy groups -OCH3 is 1. The lowest BCUT2D eigenvalue weighted by atomic mass is 9.67. The van der Waals surface area contributed by atoms with Gasteiger partial charge in [-0.1, -0.05) is 18.2 Å². The van der Waals surface area contributed by atoms with Crippen LogP contribution in [0.5, 0.6) is 11.5 Å². The Morgan fingerprint density at radius 2 is 1.71 bits per heavy atom. The van der Waals surface area contributed by atoms with Crippen LogP contribution in [0.15, 0.2) is 68.1 Å². The normalized spacial score (nSPS) is 22.3. The monoisotopic (exact) mass is 557 g/mol. The summed E-state index contributed by atoms with van der Waals surface area (Å²) in [5.74, 6) is -0.703. The molecular formula is C26H24BrNO6S. The van der Waals surface area contributed by atoms with Gasteiger partial charge in [0.05, 0.1) is 17.5 Å². The van der Waals surface area contributed by atoms with E-state index in [0.717, 1.165) is 30.7 Å². The molecule has 1 aliphatic heterocycles. The van der Waals surface area contributed by atoms with Gasteiger partial charge in [-0.3, -0.25) is 14.6 Å². The third-order valence-electron chi connectivity index (χ3n) is 6.75. The molecule has 1 fully saturated rings. The van der Waals surface area contributed by atoms with E-state index in [1.54, 1.807) is 30.3 Å². The molecule has 0 radical (unpaired) electrons. The van der Waals surface area contributed by atoms with E-state index in [9.17, 15) is 18.0 Å². The van der Waals surface area contributed by atoms with Gasteiger partial charge < -0.3 is 8.92 Å². The molecule has 0 saturated heterocycles. The second-order valence-electron chi connectivity index (χ2n) is 8.90. The van der Waals surface area contributed by atoms with Crippen LogP contribution < -0.4 is 8.92 Å². The number of hydrogen-bond donors (Lipinski definition) is 0. The highest BCUT2D eigenvalue weighted by atomic mass is 79.9. The number of ketones is 2. The number of benzene rings is 2. The van der Waals surface area contributed by atoms with Crippen LogP contribution in [0.1, 0.15) is 50.0 Å². The van der Waals surface area contributed by atoms with Crippen molar-refractivity contribution in [2.24, 2.45) is 10.9 Å². The van der Waals surface area contributed by atoms with Crippen LogP contribution in [0, 0.1) is 5.92 Å². The summed E-state index contributed by atoms with van der Waals surface area (Å²) in [7, 11) is -2.69. The molecule has 7 nitrogen and oxygen atoms in total. The zero-order valence-electron chi connectivity index (χ0n) is 19.1. The quantitative estimate of drug-likeness (QED) is 0.472. The highest BCUT2D eigenvalue weighted by Crippen LogP contribution is 2.49. The highest BCUT2D eigenvalue weighted by molar-refractivity contribution is 9.10. The number of allylic oxidation sites excluding steroid dienone is 2. The average Bonchev–Trinajstić information content (AvgIpc) is 2.85. The Morgan fingerprint density at radius 1 is 0.971 bits per heavy atom. The van der Waals surface area contributed by atoms with Gasteiger partial charge in [0.1, 0.15) is 10.7 Å². The molecule has 0 amide bonds. The molecule has 3 aliphatic rings. The van der Waals surface area contributed by atoms with Crippen molar-refractivity contribution in [3.05, 3.63) is 63.8 Å². The van der Waals surface area contributed by atoms with Gasteiger partial charge in [-0.25, -0.2) is 0 Å². The lowest BCUT2D eigenvalue weighted by Gasteiger charge is -2.38. The zero-order valence-corrected chi connectivity index (χ0v) is 21.5. The molecule has 1 heterocycles. The summed E-state index contributed by atoms with van der Waals surface area (Å²) < 4.78 is 37.1. The van der Waals surface area contributed by atoms with Crippen molar-refractivity contribution >= 4 is 43.3 Å². The fraction of sp³-hybridized carbons (Fsp3) is 0.346. The molecule has 0 aromatic heterocycles. The van der Waals surface area contributed by atoms with Gasteiger partial charge in [-0.05, 0) is 71.4 Å². The van der Waals surface area contributed by atoms with E-state index in [-0.39, 0.29) is 28.0 Å². The molecule has 2 atom stereocenters. The molecule has 1 unspecified atom stereocenters. The van der Waals surface area contributed by atoms with Crippen LogP contribution >= 0.6 is 15.9 Å². The van der Waals surface area contributed by atoms with Crippen molar-refractivity contribution in [1.82, 2.24) is 0 Å². The second-order valence-corrected chi connectivity index (χ2v) is 11.3. The summed E-state index contributed by atoms with van der Waals surface area (Å²) in [6, 6.07) is 11.2. The molecule has 35 heavy (non-hydrogen) atoms. The number of fused-ring (bicyclic) bond motifs is 1. The van der Waals surface area contributed by atoms with Gasteiger partial charge in [0.15, 0.2) is 17.3 Å². The topological polar surface area (TPSA) is 99.1 Å². The average molecular weight is 558 g/mol. The first-order valence-corrected chi connectivity index (χ1v) is 13.7. The second kappa shape index (κ2) is 9.35. The molecule has 0 spiro atoms. The van der Waals surface area contributed by atoms with Crippen LogP contribution in [0.2, 0.25) is 0 Å². The standard InChI is InChI=1S/C26H24BrNO6S/c1-33-22-14-15(13-17(27)26(22)34-35(31,32)16-7-3-2-4-8-16)23-24-18(9-5-11-20(24)29)28-19-10-6-12-21(30)25(19)23/h2-4,7-8,13-14,23-24H,5-6,9-12H2,1H3/t23-,24?/m0/s1. The minimum atomic E-state index is -4.11. The Bertz CT molecular complexity index is 1380. The summed E-state index contributed by atoms with van der Waals surface area (Å²) in [4.78, 5) is 30.9. The van der Waals surface area contributed by atoms with Gasteiger partial charge in [-0.15, -0.1) is 0 Å². The fourth-order valence-electron chi connectivity index (χ4n) is 5.20. The lowest BCUT2D eigenvalue weighted by Crippen LogP contribution is -2.39. The Morgan fingerprint density at radius 3 is 2.46 bits per heavy atom. The molecule has 1 saturated carbocycles. The number of carbonyl (C=O) groups excluding carboxylic acids is 2. The van der Waals surface area contributed by atoms with Crippen LogP contribution in [-0.4, -0.2) is 32.8 Å². The third-order valence-corrected chi connectivity index (χ3v) is 8.57. The Hall–Kier alpha value is -2.78. The van der Waals surface area contributed by atoms with Crippen molar-refractivity contribution in [1.29, 1.82) is 0 Å². The minimum Gasteiger partial charge on any atom is -0.493 e. The number of carbonyl (C=O) groups is 2. The number of ether oxygens (including phenoxy) is 1. The molecule has 5 rings (SSSR count). The first kappa shape index (κ1) is 23.9. The highest BCUT2D eigenvalue weighted by Gasteiger charge is 2.44. The fourth-order valence-corrected chi connectivity index (χ4v) is 6.83. The van der Waals surface area contributed by atoms with Gasteiger partial charge in [-0.2, -0.15) is 8.42 Å². The summed E-state index contributed by atoms with van der Waals surface area (Å²) in [5.41, 5.74) is 2.89. The minimum absolute atomic E-state index is 0.00366. The Balaban J connectivity index is 1.61. The van der Waals surface area contributed by atoms with E-state index in [4.69, 9.17) is 13.9 Å². The van der Waals surface area contributed by atoms with Gasteiger partial charge in [0.25, 0.3) is 0 Å². The molecule has 0 N–H and O–H groups in total. The summed E-state index contributed by atoms with van der Waals surface area (Å²) >= 11 is 3.45. The molecule has 2 aromatic carbocycles. The number of hydrogen-bond acceptors (Lipinski definition) is 7. The van der Waals surface area contributed by atoms with Crippen molar-refractivity contribution in [2.45, 2.75) is 49.3 Å². The number of rotatable bonds is 5. The van der Waals surface area contributed by atoms with Crippen LogP contribution in [0.3, 0.4) is 0 Å². The smallest absolute Gasteiger partial charge is 0.339 e. The molecule has 182 valence electrons. The third kappa shape index (κ3) is 4.36. The van der Waals surface area contributed by atoms with E-state index >= 15 is 0 Å². The van der Waals surface area contributed by atoms with E-state index in [2.05, 4.69) is 15.9 Å². The molecule has 2 aliphatic carbocycles. The maximum atomic E-state index is 13.1. The van der Waals surface area contributed by atoms with E-state index in [1.807, 2.05) is 0 Å². The molecule has 2 aromatic rings. The number of aliphatic imine (C=N–C) groups is 1. The van der Waals surface area contributed by atoms with E-state index in [1.165, 1.54) is 19.2 Å². The van der Waals surface area contributed by atoms with Crippen LogP contribution in [0.4, 0.5) is 0 Å². The van der Waals surface area contributed by atoms with Gasteiger partial charge in [0.2, 0.25) is 0 Å². The Kier molecular flexibility index (Phi) is 6.40. The lowest BCUT2D eigenvalue weighted by molar-refractivity contribution is -0.122. The van der Waals surface area contributed by atoms with Gasteiger partial charge in [0, 0.05) is 35.7 Å².